The highest BCUT2D eigenvalue weighted by molar-refractivity contribution is 9.10. The number of aromatic nitrogens is 3. The molecule has 0 aliphatic heterocycles. The number of aromatic amines is 1. The van der Waals surface area contributed by atoms with Crippen LogP contribution in [0.4, 0.5) is 0 Å². The van der Waals surface area contributed by atoms with E-state index in [4.69, 9.17) is 0 Å². The van der Waals surface area contributed by atoms with E-state index in [1.807, 2.05) is 67.7 Å². The van der Waals surface area contributed by atoms with Gasteiger partial charge in [0.2, 0.25) is 0 Å². The normalized spacial score (nSPS) is 11.1. The minimum absolute atomic E-state index is 0.0877. The summed E-state index contributed by atoms with van der Waals surface area (Å²) in [6.07, 6.45) is 1.89. The Morgan fingerprint density at radius 2 is 1.88 bits per heavy atom. The summed E-state index contributed by atoms with van der Waals surface area (Å²) >= 11 is 3.51. The van der Waals surface area contributed by atoms with Crippen molar-refractivity contribution in [1.29, 1.82) is 0 Å². The summed E-state index contributed by atoms with van der Waals surface area (Å²) < 4.78 is 2.52. The lowest BCUT2D eigenvalue weighted by molar-refractivity contribution is 0.630. The molecule has 2 heterocycles. The molecule has 0 spiro atoms. The Hall–Kier alpha value is -2.66. The SMILES string of the molecule is Cc1cc(-c2c[nH]c3ccc(Br)cc23)c(=O)n(Cc2ccccc2)n1. The molecule has 0 aliphatic carbocycles. The molecule has 4 nitrogen and oxygen atoms in total. The third-order valence-corrected chi connectivity index (χ3v) is 4.70. The van der Waals surface area contributed by atoms with Crippen LogP contribution < -0.4 is 5.56 Å². The Labute approximate surface area is 153 Å². The van der Waals surface area contributed by atoms with E-state index in [2.05, 4.69) is 26.0 Å². The molecule has 0 bridgehead atoms. The van der Waals surface area contributed by atoms with E-state index in [1.165, 1.54) is 4.68 Å². The molecular formula is C20H16BrN3O. The number of hydrogen-bond acceptors (Lipinski definition) is 2. The Bertz CT molecular complexity index is 1110. The number of H-pyrrole nitrogens is 1. The lowest BCUT2D eigenvalue weighted by atomic mass is 10.1. The van der Waals surface area contributed by atoms with E-state index in [0.717, 1.165) is 32.2 Å². The fraction of sp³-hybridized carbons (Fsp3) is 0.100. The summed E-state index contributed by atoms with van der Waals surface area (Å²) in [4.78, 5) is 16.3. The van der Waals surface area contributed by atoms with Gasteiger partial charge in [0, 0.05) is 27.1 Å². The minimum atomic E-state index is -0.0877. The topological polar surface area (TPSA) is 50.7 Å². The van der Waals surface area contributed by atoms with E-state index in [1.54, 1.807) is 0 Å². The van der Waals surface area contributed by atoms with E-state index >= 15 is 0 Å². The van der Waals surface area contributed by atoms with Gasteiger partial charge >= 0.3 is 0 Å². The molecule has 0 atom stereocenters. The quantitative estimate of drug-likeness (QED) is 0.556. The Morgan fingerprint density at radius 3 is 2.68 bits per heavy atom. The molecule has 4 aromatic rings. The minimum Gasteiger partial charge on any atom is -0.361 e. The van der Waals surface area contributed by atoms with Crippen LogP contribution >= 0.6 is 15.9 Å². The molecule has 0 unspecified atom stereocenters. The Balaban J connectivity index is 1.87. The fourth-order valence-corrected chi connectivity index (χ4v) is 3.41. The van der Waals surface area contributed by atoms with Crippen LogP contribution in [-0.2, 0) is 6.54 Å². The van der Waals surface area contributed by atoms with Crippen molar-refractivity contribution >= 4 is 26.8 Å². The number of fused-ring (bicyclic) bond motifs is 1. The molecule has 0 radical (unpaired) electrons. The maximum absolute atomic E-state index is 13.0. The Kier molecular flexibility index (Phi) is 4.01. The lowest BCUT2D eigenvalue weighted by Gasteiger charge is -2.09. The Morgan fingerprint density at radius 1 is 1.08 bits per heavy atom. The second-order valence-electron chi connectivity index (χ2n) is 6.04. The van der Waals surface area contributed by atoms with Crippen LogP contribution in [0, 0.1) is 6.92 Å². The molecule has 2 aromatic carbocycles. The molecule has 0 aliphatic rings. The summed E-state index contributed by atoms with van der Waals surface area (Å²) in [6.45, 7) is 2.37. The maximum Gasteiger partial charge on any atom is 0.275 e. The summed E-state index contributed by atoms with van der Waals surface area (Å²) in [5.74, 6) is 0. The van der Waals surface area contributed by atoms with Crippen LogP contribution in [0.25, 0.3) is 22.0 Å². The average Bonchev–Trinajstić information content (AvgIpc) is 3.01. The van der Waals surface area contributed by atoms with Gasteiger partial charge in [0.25, 0.3) is 5.56 Å². The van der Waals surface area contributed by atoms with Gasteiger partial charge in [-0.05, 0) is 36.8 Å². The van der Waals surface area contributed by atoms with Crippen LogP contribution in [0.15, 0.2) is 70.1 Å². The number of halogens is 1. The number of nitrogens with one attached hydrogen (secondary N) is 1. The fourth-order valence-electron chi connectivity index (χ4n) is 3.05. The second-order valence-corrected chi connectivity index (χ2v) is 6.96. The van der Waals surface area contributed by atoms with Gasteiger partial charge in [-0.2, -0.15) is 5.10 Å². The molecule has 0 amide bonds. The highest BCUT2D eigenvalue weighted by Crippen LogP contribution is 2.29. The van der Waals surface area contributed by atoms with Crippen LogP contribution in [0.1, 0.15) is 11.3 Å². The molecule has 25 heavy (non-hydrogen) atoms. The molecule has 0 fully saturated rings. The lowest BCUT2D eigenvalue weighted by Crippen LogP contribution is -2.25. The van der Waals surface area contributed by atoms with Crippen LogP contribution in [0.3, 0.4) is 0 Å². The third kappa shape index (κ3) is 3.03. The molecule has 4 rings (SSSR count). The molecule has 0 saturated heterocycles. The first kappa shape index (κ1) is 15.8. The summed E-state index contributed by atoms with van der Waals surface area (Å²) in [5, 5.41) is 5.44. The van der Waals surface area contributed by atoms with Gasteiger partial charge in [-0.25, -0.2) is 4.68 Å². The number of hydrogen-bond donors (Lipinski definition) is 1. The molecule has 1 N–H and O–H groups in total. The van der Waals surface area contributed by atoms with Crippen LogP contribution in [0.2, 0.25) is 0 Å². The van der Waals surface area contributed by atoms with Gasteiger partial charge in [-0.1, -0.05) is 46.3 Å². The largest absolute Gasteiger partial charge is 0.361 e. The predicted octanol–water partition coefficient (Wildman–Crippen LogP) is 4.51. The zero-order valence-corrected chi connectivity index (χ0v) is 15.2. The van der Waals surface area contributed by atoms with Gasteiger partial charge in [0.15, 0.2) is 0 Å². The first-order chi connectivity index (χ1) is 12.1. The first-order valence-corrected chi connectivity index (χ1v) is 8.81. The van der Waals surface area contributed by atoms with Gasteiger partial charge in [-0.15, -0.1) is 0 Å². The number of rotatable bonds is 3. The molecule has 124 valence electrons. The van der Waals surface area contributed by atoms with Crippen molar-refractivity contribution in [1.82, 2.24) is 14.8 Å². The van der Waals surface area contributed by atoms with Crippen molar-refractivity contribution in [2.24, 2.45) is 0 Å². The van der Waals surface area contributed by atoms with Crippen molar-refractivity contribution in [2.75, 3.05) is 0 Å². The number of aryl methyl sites for hydroxylation is 1. The van der Waals surface area contributed by atoms with Crippen molar-refractivity contribution < 1.29 is 0 Å². The zero-order chi connectivity index (χ0) is 17.4. The third-order valence-electron chi connectivity index (χ3n) is 4.21. The number of benzene rings is 2. The first-order valence-electron chi connectivity index (χ1n) is 8.01. The van der Waals surface area contributed by atoms with E-state index in [0.29, 0.717) is 12.1 Å². The summed E-state index contributed by atoms with van der Waals surface area (Å²) in [5.41, 5.74) is 4.34. The summed E-state index contributed by atoms with van der Waals surface area (Å²) in [7, 11) is 0. The molecule has 2 aromatic heterocycles. The smallest absolute Gasteiger partial charge is 0.275 e. The zero-order valence-electron chi connectivity index (χ0n) is 13.7. The maximum atomic E-state index is 13.0. The van der Waals surface area contributed by atoms with E-state index in [9.17, 15) is 4.79 Å². The van der Waals surface area contributed by atoms with Gasteiger partial charge in [0.05, 0.1) is 17.8 Å². The molecule has 0 saturated carbocycles. The molecule has 5 heteroatoms. The van der Waals surface area contributed by atoms with Gasteiger partial charge in [0.1, 0.15) is 0 Å². The van der Waals surface area contributed by atoms with Crippen LogP contribution in [-0.4, -0.2) is 14.8 Å². The van der Waals surface area contributed by atoms with Crippen molar-refractivity contribution in [3.05, 3.63) is 86.9 Å². The van der Waals surface area contributed by atoms with Crippen LogP contribution in [0.5, 0.6) is 0 Å². The van der Waals surface area contributed by atoms with Crippen molar-refractivity contribution in [2.45, 2.75) is 13.5 Å². The second kappa shape index (κ2) is 6.33. The number of nitrogens with zero attached hydrogens (tertiary/aromatic N) is 2. The van der Waals surface area contributed by atoms with Crippen molar-refractivity contribution in [3.8, 4) is 11.1 Å². The predicted molar refractivity (Wildman–Crippen MR) is 104 cm³/mol. The monoisotopic (exact) mass is 393 g/mol. The summed E-state index contributed by atoms with van der Waals surface area (Å²) in [6, 6.07) is 17.8. The van der Waals surface area contributed by atoms with Gasteiger partial charge in [-0.3, -0.25) is 4.79 Å². The highest BCUT2D eigenvalue weighted by Gasteiger charge is 2.13. The van der Waals surface area contributed by atoms with Gasteiger partial charge < -0.3 is 4.98 Å². The highest BCUT2D eigenvalue weighted by atomic mass is 79.9. The van der Waals surface area contributed by atoms with Crippen molar-refractivity contribution in [3.63, 3.8) is 0 Å². The molecular weight excluding hydrogens is 378 g/mol. The van der Waals surface area contributed by atoms with E-state index in [-0.39, 0.29) is 5.56 Å². The average molecular weight is 394 g/mol. The van der Waals surface area contributed by atoms with E-state index < -0.39 is 0 Å². The standard InChI is InChI=1S/C20H16BrN3O/c1-13-9-17(18-11-22-19-8-7-15(21)10-16(18)19)20(25)24(23-13)12-14-5-3-2-4-6-14/h2-11,22H,12H2,1H3.